The number of cyclic esters (lactones) is 2. The van der Waals surface area contributed by atoms with Gasteiger partial charge in [-0.15, -0.1) is 0 Å². The minimum atomic E-state index is -1.73. The molecule has 0 saturated carbocycles. The quantitative estimate of drug-likeness (QED) is 0.411. The summed E-state index contributed by atoms with van der Waals surface area (Å²) < 4.78 is 15.6. The third-order valence-electron chi connectivity index (χ3n) is 5.23. The van der Waals surface area contributed by atoms with Gasteiger partial charge in [0.25, 0.3) is 5.79 Å². The van der Waals surface area contributed by atoms with Crippen LogP contribution in [-0.2, 0) is 39.8 Å². The van der Waals surface area contributed by atoms with Gasteiger partial charge < -0.3 is 14.2 Å². The van der Waals surface area contributed by atoms with Crippen LogP contribution in [0.25, 0.3) is 11.1 Å². The third kappa shape index (κ3) is 7.68. The number of Topliss-reactive ketones (excluding diaryl/α,β-unsaturated/α-hetero) is 1. The molecule has 2 aromatic rings. The Morgan fingerprint density at radius 2 is 1.43 bits per heavy atom. The van der Waals surface area contributed by atoms with Crippen LogP contribution in [0.5, 0.6) is 0 Å². The largest absolute Gasteiger partial charge is 0.460 e. The van der Waals surface area contributed by atoms with Gasteiger partial charge in [0.1, 0.15) is 5.60 Å². The molecule has 8 heteroatoms. The van der Waals surface area contributed by atoms with Crippen LogP contribution in [0.2, 0.25) is 0 Å². The molecule has 188 valence electrons. The van der Waals surface area contributed by atoms with E-state index < -0.39 is 46.9 Å². The second-order valence-corrected chi connectivity index (χ2v) is 9.83. The van der Waals surface area contributed by atoms with Gasteiger partial charge in [-0.05, 0) is 43.9 Å². The van der Waals surface area contributed by atoms with Gasteiger partial charge in [0, 0.05) is 19.8 Å². The van der Waals surface area contributed by atoms with Crippen LogP contribution in [-0.4, -0.2) is 35.1 Å². The summed E-state index contributed by atoms with van der Waals surface area (Å²) >= 11 is 0. The molecule has 0 spiro atoms. The molecule has 0 aromatic heterocycles. The highest BCUT2D eigenvalue weighted by atomic mass is 32.1. The maximum Gasteiger partial charge on any atom is 0.331 e. The molecule has 0 aliphatic carbocycles. The van der Waals surface area contributed by atoms with Crippen molar-refractivity contribution in [2.75, 3.05) is 0 Å². The number of carbonyl (C=O) groups excluding carboxylic acids is 4. The van der Waals surface area contributed by atoms with Crippen LogP contribution < -0.4 is 0 Å². The first-order valence-corrected chi connectivity index (χ1v) is 11.2. The fourth-order valence-corrected chi connectivity index (χ4v) is 3.79. The van der Waals surface area contributed by atoms with E-state index >= 15 is 0 Å². The van der Waals surface area contributed by atoms with E-state index in [9.17, 15) is 19.2 Å². The first-order valence-electron chi connectivity index (χ1n) is 11.2. The molecule has 1 fully saturated rings. The zero-order valence-electron chi connectivity index (χ0n) is 20.6. The van der Waals surface area contributed by atoms with Crippen LogP contribution >= 0.6 is 13.5 Å². The Labute approximate surface area is 212 Å². The Hall–Kier alpha value is -3.13. The summed E-state index contributed by atoms with van der Waals surface area (Å²) in [5.41, 5.74) is 2.08. The number of benzene rings is 2. The van der Waals surface area contributed by atoms with E-state index in [1.165, 1.54) is 13.8 Å². The van der Waals surface area contributed by atoms with Crippen molar-refractivity contribution in [2.45, 2.75) is 58.8 Å². The van der Waals surface area contributed by atoms with Crippen molar-refractivity contribution in [3.8, 4) is 11.1 Å². The van der Waals surface area contributed by atoms with E-state index in [0.717, 1.165) is 16.7 Å². The first kappa shape index (κ1) is 28.1. The Bertz CT molecular complexity index is 1050. The molecule has 0 unspecified atom stereocenters. The zero-order chi connectivity index (χ0) is 25.1. The number of hydrogen-bond donors (Lipinski definition) is 0. The topological polar surface area (TPSA) is 96.0 Å². The highest BCUT2D eigenvalue weighted by molar-refractivity contribution is 7.59. The van der Waals surface area contributed by atoms with Crippen molar-refractivity contribution >= 4 is 37.2 Å². The van der Waals surface area contributed by atoms with Crippen molar-refractivity contribution in [3.05, 3.63) is 60.2 Å². The van der Waals surface area contributed by atoms with E-state index in [-0.39, 0.29) is 26.3 Å². The van der Waals surface area contributed by atoms with Gasteiger partial charge in [0.2, 0.25) is 5.92 Å². The molecular formula is C27H32O7S. The van der Waals surface area contributed by atoms with Gasteiger partial charge in [0.15, 0.2) is 5.78 Å². The summed E-state index contributed by atoms with van der Waals surface area (Å²) in [6, 6.07) is 17.4. The molecular weight excluding hydrogens is 468 g/mol. The molecule has 1 aliphatic rings. The second-order valence-electron chi connectivity index (χ2n) is 9.83. The van der Waals surface area contributed by atoms with E-state index in [2.05, 4.69) is 0 Å². The van der Waals surface area contributed by atoms with E-state index in [1.54, 1.807) is 20.8 Å². The van der Waals surface area contributed by atoms with E-state index in [4.69, 9.17) is 14.2 Å². The fourth-order valence-electron chi connectivity index (χ4n) is 3.79. The van der Waals surface area contributed by atoms with Gasteiger partial charge in [-0.2, -0.15) is 13.5 Å². The van der Waals surface area contributed by atoms with Crippen LogP contribution in [0.15, 0.2) is 54.6 Å². The maximum atomic E-state index is 13.3. The molecule has 0 amide bonds. The monoisotopic (exact) mass is 500 g/mol. The number of ketones is 1. The van der Waals surface area contributed by atoms with Crippen LogP contribution in [0, 0.1) is 11.8 Å². The lowest BCUT2D eigenvalue weighted by atomic mass is 9.85. The predicted octanol–water partition coefficient (Wildman–Crippen LogP) is 4.38. The third-order valence-corrected chi connectivity index (χ3v) is 5.23. The Morgan fingerprint density at radius 1 is 0.914 bits per heavy atom. The first-order chi connectivity index (χ1) is 15.8. The fraction of sp³-hybridized carbons (Fsp3) is 0.407. The molecule has 2 aromatic carbocycles. The molecule has 1 heterocycles. The van der Waals surface area contributed by atoms with Crippen LogP contribution in [0.4, 0.5) is 0 Å². The Kier molecular flexibility index (Phi) is 8.89. The normalized spacial score (nSPS) is 16.4. The zero-order valence-corrected chi connectivity index (χ0v) is 21.6. The van der Waals surface area contributed by atoms with Gasteiger partial charge in [-0.3, -0.25) is 19.2 Å². The Balaban J connectivity index is 0.00000432. The number of esters is 3. The van der Waals surface area contributed by atoms with Crippen molar-refractivity contribution in [3.63, 3.8) is 0 Å². The molecule has 35 heavy (non-hydrogen) atoms. The summed E-state index contributed by atoms with van der Waals surface area (Å²) in [7, 11) is 0. The lowest BCUT2D eigenvalue weighted by Crippen LogP contribution is -2.50. The number of carbonyl (C=O) groups is 4. The summed E-state index contributed by atoms with van der Waals surface area (Å²) in [6.07, 6.45) is -0.134. The molecule has 1 atom stereocenters. The highest BCUT2D eigenvalue weighted by Gasteiger charge is 2.49. The minimum Gasteiger partial charge on any atom is -0.460 e. The number of ether oxygens (including phenoxy) is 3. The molecule has 0 bridgehead atoms. The molecule has 3 rings (SSSR count). The van der Waals surface area contributed by atoms with Gasteiger partial charge >= 0.3 is 17.9 Å². The van der Waals surface area contributed by atoms with Crippen molar-refractivity contribution in [1.29, 1.82) is 0 Å². The average molecular weight is 501 g/mol. The highest BCUT2D eigenvalue weighted by Crippen LogP contribution is 2.29. The molecule has 0 radical (unpaired) electrons. The van der Waals surface area contributed by atoms with Crippen molar-refractivity contribution in [1.82, 2.24) is 0 Å². The minimum absolute atomic E-state index is 0. The summed E-state index contributed by atoms with van der Waals surface area (Å²) in [5.74, 6) is -7.40. The second kappa shape index (κ2) is 11.1. The Morgan fingerprint density at radius 3 is 1.94 bits per heavy atom. The van der Waals surface area contributed by atoms with E-state index in [1.807, 2.05) is 54.6 Å². The number of hydrogen-bond acceptors (Lipinski definition) is 7. The van der Waals surface area contributed by atoms with E-state index in [0.29, 0.717) is 0 Å². The summed E-state index contributed by atoms with van der Waals surface area (Å²) in [5, 5.41) is 0. The van der Waals surface area contributed by atoms with Gasteiger partial charge in [-0.1, -0.05) is 54.6 Å². The average Bonchev–Trinajstić information content (AvgIpc) is 2.71. The van der Waals surface area contributed by atoms with Gasteiger partial charge in [-0.25, -0.2) is 0 Å². The molecule has 1 aliphatic heterocycles. The lowest BCUT2D eigenvalue weighted by Gasteiger charge is -2.33. The molecule has 0 N–H and O–H groups in total. The van der Waals surface area contributed by atoms with Crippen LogP contribution in [0.1, 0.15) is 46.6 Å². The predicted molar refractivity (Wildman–Crippen MR) is 135 cm³/mol. The smallest absolute Gasteiger partial charge is 0.331 e. The summed E-state index contributed by atoms with van der Waals surface area (Å²) in [4.78, 5) is 50.8. The lowest BCUT2D eigenvalue weighted by molar-refractivity contribution is -0.238. The molecule has 7 nitrogen and oxygen atoms in total. The number of rotatable bonds is 7. The molecule has 1 saturated heterocycles. The SMILES string of the molecule is CC(C)(C)OC(=O)C[C@H](Cc1ccc(-c2ccccc2)cc1)C(=O)C1C(=O)OC(C)(C)OC1=O.S. The van der Waals surface area contributed by atoms with Crippen molar-refractivity contribution in [2.24, 2.45) is 11.8 Å². The van der Waals surface area contributed by atoms with Crippen molar-refractivity contribution < 1.29 is 33.4 Å². The standard InChI is InChI=1S/C27H30O7.H2S/c1-26(2,3)32-21(28)16-20(23(29)22-24(30)33-27(4,5)34-25(22)31)15-17-11-13-19(14-12-17)18-9-7-6-8-10-18;/h6-14,20,22H,15-16H2,1-5H3;1H2/t20-;/m0./s1. The maximum absolute atomic E-state index is 13.3. The van der Waals surface area contributed by atoms with Crippen LogP contribution in [0.3, 0.4) is 0 Å². The van der Waals surface area contributed by atoms with Gasteiger partial charge in [0.05, 0.1) is 6.42 Å². The summed E-state index contributed by atoms with van der Waals surface area (Å²) in [6.45, 7) is 8.00.